The molecule has 1 heterocycles. The molecule has 2 N–H and O–H groups in total. The number of nitrogens with two attached hydrogens (primary N) is 1. The molecule has 4 rings (SSSR count). The first-order chi connectivity index (χ1) is 17.7. The fraction of sp³-hybridized carbons (Fsp3) is 0.143. The van der Waals surface area contributed by atoms with Crippen molar-refractivity contribution in [3.8, 4) is 17.5 Å². The van der Waals surface area contributed by atoms with Crippen molar-refractivity contribution >= 4 is 26.1 Å². The number of imidazole rings is 1. The van der Waals surface area contributed by atoms with Gasteiger partial charge in [-0.25, -0.2) is 13.6 Å². The van der Waals surface area contributed by atoms with Gasteiger partial charge in [0, 0.05) is 18.5 Å². The molecule has 9 heteroatoms. The molecule has 0 aliphatic rings. The van der Waals surface area contributed by atoms with Gasteiger partial charge in [-0.3, -0.25) is 9.13 Å². The Morgan fingerprint density at radius 1 is 1.14 bits per heavy atom. The molecular formula is C28H25BF2N4O2. The van der Waals surface area contributed by atoms with Crippen LogP contribution in [0, 0.1) is 33.5 Å². The highest BCUT2D eigenvalue weighted by Gasteiger charge is 2.16. The summed E-state index contributed by atoms with van der Waals surface area (Å²) in [5, 5.41) is 11.0. The van der Waals surface area contributed by atoms with Gasteiger partial charge in [0.05, 0.1) is 35.1 Å². The van der Waals surface area contributed by atoms with Crippen LogP contribution in [-0.2, 0) is 19.9 Å². The van der Waals surface area contributed by atoms with Crippen molar-refractivity contribution in [3.05, 3.63) is 108 Å². The summed E-state index contributed by atoms with van der Waals surface area (Å²) in [6, 6.07) is 14.1. The average molecular weight is 498 g/mol. The topological polar surface area (TPSA) is 86.0 Å². The number of methoxy groups -OCH3 is 1. The molecule has 0 spiro atoms. The number of nitrogens with zero attached hydrogens (tertiary/aromatic N) is 3. The smallest absolute Gasteiger partial charge is 0.333 e. The maximum absolute atomic E-state index is 15.1. The quantitative estimate of drug-likeness (QED) is 0.412. The van der Waals surface area contributed by atoms with E-state index in [0.29, 0.717) is 39.7 Å². The van der Waals surface area contributed by atoms with Gasteiger partial charge in [0.2, 0.25) is 0 Å². The minimum atomic E-state index is -0.720. The molecule has 6 nitrogen and oxygen atoms in total. The Labute approximate surface area is 212 Å². The van der Waals surface area contributed by atoms with Crippen molar-refractivity contribution in [2.24, 2.45) is 12.8 Å². The molecule has 186 valence electrons. The maximum Gasteiger partial charge on any atom is 0.333 e. The number of aromatic nitrogens is 2. The first kappa shape index (κ1) is 25.5. The molecule has 0 unspecified atom stereocenters. The van der Waals surface area contributed by atoms with Gasteiger partial charge in [-0.1, -0.05) is 23.7 Å². The van der Waals surface area contributed by atoms with Crippen molar-refractivity contribution in [2.45, 2.75) is 12.8 Å². The van der Waals surface area contributed by atoms with E-state index in [1.807, 2.05) is 20.0 Å². The molecule has 0 radical (unpaired) electrons. The molecular weight excluding hydrogens is 473 g/mol. The molecule has 0 saturated heterocycles. The van der Waals surface area contributed by atoms with E-state index in [4.69, 9.17) is 15.7 Å². The third kappa shape index (κ3) is 4.66. The first-order valence-corrected chi connectivity index (χ1v) is 11.5. The molecule has 3 aromatic carbocycles. The van der Waals surface area contributed by atoms with Crippen molar-refractivity contribution in [3.63, 3.8) is 0 Å². The van der Waals surface area contributed by atoms with Crippen LogP contribution < -0.4 is 32.2 Å². The van der Waals surface area contributed by atoms with Crippen LogP contribution in [0.4, 0.5) is 8.78 Å². The van der Waals surface area contributed by atoms with Crippen molar-refractivity contribution in [1.82, 2.24) is 9.13 Å². The summed E-state index contributed by atoms with van der Waals surface area (Å²) in [7, 11) is 4.97. The molecule has 37 heavy (non-hydrogen) atoms. The molecule has 1 aromatic heterocycles. The van der Waals surface area contributed by atoms with Gasteiger partial charge < -0.3 is 10.5 Å². The highest BCUT2D eigenvalue weighted by atomic mass is 19.1. The van der Waals surface area contributed by atoms with E-state index >= 15 is 4.39 Å². The van der Waals surface area contributed by atoms with Crippen LogP contribution in [0.2, 0.25) is 0 Å². The van der Waals surface area contributed by atoms with E-state index in [1.54, 1.807) is 26.3 Å². The molecule has 0 bridgehead atoms. The second kappa shape index (κ2) is 10.2. The number of aryl methyl sites for hydroxylation is 2. The predicted octanol–water partition coefficient (Wildman–Crippen LogP) is 0.772. The summed E-state index contributed by atoms with van der Waals surface area (Å²) in [4.78, 5) is 13.3. The lowest BCUT2D eigenvalue weighted by molar-refractivity contribution is 0.409. The van der Waals surface area contributed by atoms with Crippen LogP contribution in [0.5, 0.6) is 5.75 Å². The molecule has 0 saturated carbocycles. The summed E-state index contributed by atoms with van der Waals surface area (Å²) >= 11 is 0. The lowest BCUT2D eigenvalue weighted by atomic mass is 9.87. The van der Waals surface area contributed by atoms with Crippen molar-refractivity contribution in [2.75, 3.05) is 7.11 Å². The number of hydrogen-bond donors (Lipinski definition) is 1. The molecule has 0 fully saturated rings. The predicted molar refractivity (Wildman–Crippen MR) is 142 cm³/mol. The zero-order valence-corrected chi connectivity index (χ0v) is 20.8. The average Bonchev–Trinajstić information content (AvgIpc) is 3.13. The zero-order valence-electron chi connectivity index (χ0n) is 20.8. The van der Waals surface area contributed by atoms with Crippen LogP contribution in [0.25, 0.3) is 18.5 Å². The Hall–Kier alpha value is -4.58. The lowest BCUT2D eigenvalue weighted by Crippen LogP contribution is -2.26. The van der Waals surface area contributed by atoms with Gasteiger partial charge in [0.25, 0.3) is 0 Å². The third-order valence-electron chi connectivity index (χ3n) is 6.51. The second-order valence-electron chi connectivity index (χ2n) is 8.75. The Bertz CT molecular complexity index is 1840. The largest absolute Gasteiger partial charge is 0.496 e. The molecule has 0 atom stereocenters. The minimum absolute atomic E-state index is 0.0126. The summed E-state index contributed by atoms with van der Waals surface area (Å²) in [6.45, 7) is 4.15. The first-order valence-electron chi connectivity index (χ1n) is 11.5. The monoisotopic (exact) mass is 498 g/mol. The number of rotatable bonds is 5. The van der Waals surface area contributed by atoms with Gasteiger partial charge in [-0.2, -0.15) is 5.26 Å². The standard InChI is InChI=1S/C28H25BF2N4O2/c1-16-10-26(37-3)19(6-5-18-7-8-20(30)13-22(18)29)12-21(16)27-25(15-33)34(2)28(36)35(27)24-9-4-17(14-32)11-23(24)31/h4,7-13,15H,1,5-6,29,33H2,2-3H3/b25-15+,27-21+. The Balaban J connectivity index is 2.04. The highest BCUT2D eigenvalue weighted by molar-refractivity contribution is 6.33. The fourth-order valence-corrected chi connectivity index (χ4v) is 4.53. The van der Waals surface area contributed by atoms with Crippen LogP contribution in [0.1, 0.15) is 16.7 Å². The molecule has 4 aromatic rings. The van der Waals surface area contributed by atoms with Crippen molar-refractivity contribution in [1.29, 1.82) is 5.26 Å². The third-order valence-corrected chi connectivity index (χ3v) is 6.51. The van der Waals surface area contributed by atoms with Crippen molar-refractivity contribution < 1.29 is 13.5 Å². The lowest BCUT2D eigenvalue weighted by Gasteiger charge is -2.11. The number of nitriles is 1. The SMILES string of the molecule is Bc1cc(F)ccc1CCc1c/c(=c2/c(=C\N)n(C)c(=O)n2-c2ccc(C#N)cc2F)c(=C)cc1OC. The number of hydrogen-bond acceptors (Lipinski definition) is 4. The Morgan fingerprint density at radius 3 is 2.49 bits per heavy atom. The summed E-state index contributed by atoms with van der Waals surface area (Å²) < 4.78 is 36.8. The molecule has 0 aliphatic heterocycles. The van der Waals surface area contributed by atoms with Gasteiger partial charge in [0.1, 0.15) is 25.2 Å². The Morgan fingerprint density at radius 2 is 1.86 bits per heavy atom. The van der Waals surface area contributed by atoms with E-state index in [-0.39, 0.29) is 17.1 Å². The highest BCUT2D eigenvalue weighted by Crippen LogP contribution is 2.19. The van der Waals surface area contributed by atoms with Gasteiger partial charge >= 0.3 is 5.69 Å². The number of benzene rings is 3. The number of halogens is 2. The molecule has 0 aliphatic carbocycles. The number of ether oxygens (including phenoxy) is 1. The van der Waals surface area contributed by atoms with Gasteiger partial charge in [0.15, 0.2) is 0 Å². The fourth-order valence-electron chi connectivity index (χ4n) is 4.53. The zero-order chi connectivity index (χ0) is 26.9. The molecule has 0 amide bonds. The van der Waals surface area contributed by atoms with E-state index in [2.05, 4.69) is 6.58 Å². The summed E-state index contributed by atoms with van der Waals surface area (Å²) in [6.07, 6.45) is 2.48. The second-order valence-corrected chi connectivity index (χ2v) is 8.75. The maximum atomic E-state index is 15.1. The summed E-state index contributed by atoms with van der Waals surface area (Å²) in [5.41, 5.74) is 8.23. The normalized spacial score (nSPS) is 12.5. The van der Waals surface area contributed by atoms with E-state index in [9.17, 15) is 9.18 Å². The van der Waals surface area contributed by atoms with E-state index in [0.717, 1.165) is 22.7 Å². The van der Waals surface area contributed by atoms with Gasteiger partial charge in [-0.05, 0) is 66.1 Å². The van der Waals surface area contributed by atoms with Gasteiger partial charge in [-0.15, -0.1) is 0 Å². The Kier molecular flexibility index (Phi) is 7.03. The van der Waals surface area contributed by atoms with E-state index in [1.165, 1.54) is 39.6 Å². The van der Waals surface area contributed by atoms with Crippen LogP contribution in [0.3, 0.4) is 0 Å². The van der Waals surface area contributed by atoms with Crippen LogP contribution in [0.15, 0.2) is 53.3 Å². The summed E-state index contributed by atoms with van der Waals surface area (Å²) in [5.74, 6) is -0.394. The minimum Gasteiger partial charge on any atom is -0.496 e. The van der Waals surface area contributed by atoms with Crippen LogP contribution in [-0.4, -0.2) is 24.1 Å². The van der Waals surface area contributed by atoms with Crippen LogP contribution >= 0.6 is 0 Å². The van der Waals surface area contributed by atoms with E-state index < -0.39 is 11.5 Å².